The van der Waals surface area contributed by atoms with E-state index in [1.807, 2.05) is 39.5 Å². The summed E-state index contributed by atoms with van der Waals surface area (Å²) in [7, 11) is 3.49. The third-order valence-corrected chi connectivity index (χ3v) is 3.44. The van der Waals surface area contributed by atoms with E-state index in [0.717, 1.165) is 32.2 Å². The van der Waals surface area contributed by atoms with Crippen molar-refractivity contribution in [3.8, 4) is 0 Å². The summed E-state index contributed by atoms with van der Waals surface area (Å²) in [5, 5.41) is 0. The van der Waals surface area contributed by atoms with E-state index in [0.29, 0.717) is 6.54 Å². The average molecular weight is 316 g/mol. The number of methoxy groups -OCH3 is 1. The monoisotopic (exact) mass is 316 g/mol. The van der Waals surface area contributed by atoms with E-state index >= 15 is 0 Å². The second-order valence-electron chi connectivity index (χ2n) is 6.21. The normalized spacial score (nSPS) is 17.5. The molecule has 132 valence electrons. The average Bonchev–Trinajstić information content (AvgIpc) is 2.49. The van der Waals surface area contributed by atoms with Crippen molar-refractivity contribution in [3.63, 3.8) is 0 Å². The van der Waals surface area contributed by atoms with E-state index in [-0.39, 0.29) is 17.6 Å². The molecular formula is C17H36N2O3. The van der Waals surface area contributed by atoms with Gasteiger partial charge < -0.3 is 14.5 Å². The lowest BCUT2D eigenvalue weighted by Crippen LogP contribution is -2.46. The Balaban J connectivity index is 0. The van der Waals surface area contributed by atoms with Crippen molar-refractivity contribution >= 4 is 12.3 Å². The maximum Gasteiger partial charge on any atom is 0.219 e. The molecule has 0 aromatic rings. The molecule has 2 amide bonds. The van der Waals surface area contributed by atoms with Gasteiger partial charge in [0.05, 0.1) is 5.60 Å². The zero-order chi connectivity index (χ0) is 17.8. The summed E-state index contributed by atoms with van der Waals surface area (Å²) in [5.41, 5.74) is 0.0417. The van der Waals surface area contributed by atoms with Gasteiger partial charge in [-0.15, -0.1) is 0 Å². The maximum atomic E-state index is 11.0. The number of carbonyl (C=O) groups excluding carboxylic acids is 2. The molecule has 0 N–H and O–H groups in total. The number of ether oxygens (including phenoxy) is 1. The summed E-state index contributed by atoms with van der Waals surface area (Å²) in [6, 6.07) is 0.218. The van der Waals surface area contributed by atoms with Crippen LogP contribution < -0.4 is 0 Å². The minimum absolute atomic E-state index is 0.0417. The fourth-order valence-corrected chi connectivity index (χ4v) is 1.80. The Morgan fingerprint density at radius 1 is 1.32 bits per heavy atom. The van der Waals surface area contributed by atoms with Gasteiger partial charge in [-0.3, -0.25) is 9.59 Å². The van der Waals surface area contributed by atoms with Crippen molar-refractivity contribution in [1.82, 2.24) is 9.80 Å². The van der Waals surface area contributed by atoms with E-state index < -0.39 is 0 Å². The number of likely N-dealkylation sites (N-methyl/N-ethyl adjacent to an activating group) is 1. The van der Waals surface area contributed by atoms with Gasteiger partial charge in [0, 0.05) is 40.2 Å². The minimum Gasteiger partial charge on any atom is -0.379 e. The third-order valence-electron chi connectivity index (χ3n) is 3.44. The predicted molar refractivity (Wildman–Crippen MR) is 91.8 cm³/mol. The Morgan fingerprint density at radius 3 is 2.18 bits per heavy atom. The quantitative estimate of drug-likeness (QED) is 0.752. The molecule has 1 aliphatic rings. The first-order valence-corrected chi connectivity index (χ1v) is 8.19. The Kier molecular flexibility index (Phi) is 13.1. The molecule has 0 spiro atoms. The van der Waals surface area contributed by atoms with E-state index in [1.54, 1.807) is 26.0 Å². The summed E-state index contributed by atoms with van der Waals surface area (Å²) in [5.74, 6) is 0.0569. The molecule has 1 fully saturated rings. The van der Waals surface area contributed by atoms with Crippen molar-refractivity contribution in [2.45, 2.75) is 72.4 Å². The second kappa shape index (κ2) is 12.4. The van der Waals surface area contributed by atoms with Crippen molar-refractivity contribution < 1.29 is 14.3 Å². The number of hydrogen-bond donors (Lipinski definition) is 0. The number of amides is 2. The molecule has 5 nitrogen and oxygen atoms in total. The lowest BCUT2D eigenvalue weighted by atomic mass is 10.0. The first-order chi connectivity index (χ1) is 10.2. The molecule has 22 heavy (non-hydrogen) atoms. The fraction of sp³-hybridized carbons (Fsp3) is 0.882. The van der Waals surface area contributed by atoms with Gasteiger partial charge in [-0.25, -0.2) is 0 Å². The van der Waals surface area contributed by atoms with Gasteiger partial charge in [-0.1, -0.05) is 13.8 Å². The summed E-state index contributed by atoms with van der Waals surface area (Å²) >= 11 is 0. The molecule has 0 radical (unpaired) electrons. The molecule has 0 bridgehead atoms. The first kappa shape index (κ1) is 23.2. The van der Waals surface area contributed by atoms with Crippen LogP contribution >= 0.6 is 0 Å². The van der Waals surface area contributed by atoms with Crippen LogP contribution in [0.1, 0.15) is 60.8 Å². The minimum atomic E-state index is 0.0417. The lowest BCUT2D eigenvalue weighted by molar-refractivity contribution is -0.130. The molecule has 0 aromatic carbocycles. The molecule has 0 aromatic heterocycles. The van der Waals surface area contributed by atoms with Crippen LogP contribution in [0.15, 0.2) is 0 Å². The highest BCUT2D eigenvalue weighted by atomic mass is 16.5. The summed E-state index contributed by atoms with van der Waals surface area (Å²) < 4.78 is 4.94. The van der Waals surface area contributed by atoms with Crippen molar-refractivity contribution in [3.05, 3.63) is 0 Å². The van der Waals surface area contributed by atoms with Crippen LogP contribution in [-0.2, 0) is 14.3 Å². The van der Waals surface area contributed by atoms with Gasteiger partial charge in [0.25, 0.3) is 0 Å². The zero-order valence-corrected chi connectivity index (χ0v) is 15.8. The molecule has 1 aliphatic heterocycles. The van der Waals surface area contributed by atoms with Crippen LogP contribution in [-0.4, -0.2) is 61.0 Å². The van der Waals surface area contributed by atoms with Crippen LogP contribution in [0.25, 0.3) is 0 Å². The van der Waals surface area contributed by atoms with Crippen LogP contribution in [0.3, 0.4) is 0 Å². The van der Waals surface area contributed by atoms with Crippen LogP contribution in [0, 0.1) is 0 Å². The smallest absolute Gasteiger partial charge is 0.219 e. The predicted octanol–water partition coefficient (Wildman–Crippen LogP) is 2.93. The third kappa shape index (κ3) is 11.5. The molecular weight excluding hydrogens is 280 g/mol. The standard InChI is InChI=1S/C10H18N2O2.C5H12O.C2H6/c1-9(14)11(2)7-10-5-3-4-6-12(10)8-13;1-5(2,3)6-4;1-2/h8,10H,3-7H2,1-2H3;1-4H3;1-2H3/t10-;;/m0../s1. The highest BCUT2D eigenvalue weighted by Crippen LogP contribution is 2.15. The molecule has 1 saturated heterocycles. The molecule has 1 heterocycles. The Hall–Kier alpha value is -1.10. The summed E-state index contributed by atoms with van der Waals surface area (Å²) in [4.78, 5) is 25.3. The lowest BCUT2D eigenvalue weighted by Gasteiger charge is -2.35. The largest absolute Gasteiger partial charge is 0.379 e. The van der Waals surface area contributed by atoms with Gasteiger partial charge in [0.2, 0.25) is 12.3 Å². The molecule has 1 atom stereocenters. The SMILES string of the molecule is CC.CC(=O)N(C)C[C@@H]1CCCCN1C=O.COC(C)(C)C. The topological polar surface area (TPSA) is 49.9 Å². The number of likely N-dealkylation sites (tertiary alicyclic amines) is 1. The van der Waals surface area contributed by atoms with Gasteiger partial charge in [-0.2, -0.15) is 0 Å². The van der Waals surface area contributed by atoms with Crippen LogP contribution in [0.2, 0.25) is 0 Å². The molecule has 0 aliphatic carbocycles. The van der Waals surface area contributed by atoms with Crippen LogP contribution in [0.5, 0.6) is 0 Å². The number of hydrogen-bond acceptors (Lipinski definition) is 3. The van der Waals surface area contributed by atoms with Crippen molar-refractivity contribution in [2.75, 3.05) is 27.2 Å². The Labute approximate surface area is 137 Å². The molecule has 0 saturated carbocycles. The van der Waals surface area contributed by atoms with E-state index in [2.05, 4.69) is 0 Å². The highest BCUT2D eigenvalue weighted by molar-refractivity contribution is 5.72. The van der Waals surface area contributed by atoms with E-state index in [1.165, 1.54) is 0 Å². The van der Waals surface area contributed by atoms with Gasteiger partial charge in [-0.05, 0) is 40.0 Å². The van der Waals surface area contributed by atoms with E-state index in [9.17, 15) is 9.59 Å². The van der Waals surface area contributed by atoms with Gasteiger partial charge in [0.15, 0.2) is 0 Å². The van der Waals surface area contributed by atoms with E-state index in [4.69, 9.17) is 4.74 Å². The molecule has 0 unspecified atom stereocenters. The van der Waals surface area contributed by atoms with Crippen molar-refractivity contribution in [1.29, 1.82) is 0 Å². The number of piperidine rings is 1. The Bertz CT molecular complexity index is 301. The molecule has 1 rings (SSSR count). The van der Waals surface area contributed by atoms with Crippen LogP contribution in [0.4, 0.5) is 0 Å². The number of nitrogens with zero attached hydrogens (tertiary/aromatic N) is 2. The first-order valence-electron chi connectivity index (χ1n) is 8.19. The number of rotatable bonds is 3. The van der Waals surface area contributed by atoms with Gasteiger partial charge in [0.1, 0.15) is 0 Å². The molecule has 5 heteroatoms. The van der Waals surface area contributed by atoms with Crippen molar-refractivity contribution in [2.24, 2.45) is 0 Å². The van der Waals surface area contributed by atoms with Gasteiger partial charge >= 0.3 is 0 Å². The second-order valence-corrected chi connectivity index (χ2v) is 6.21. The number of carbonyl (C=O) groups is 2. The summed E-state index contributed by atoms with van der Waals surface area (Å²) in [6.07, 6.45) is 4.15. The summed E-state index contributed by atoms with van der Waals surface area (Å²) in [6.45, 7) is 13.1. The maximum absolute atomic E-state index is 11.0. The zero-order valence-electron chi connectivity index (χ0n) is 15.8. The highest BCUT2D eigenvalue weighted by Gasteiger charge is 2.22. The Morgan fingerprint density at radius 2 is 1.82 bits per heavy atom. The fourth-order valence-electron chi connectivity index (χ4n) is 1.80.